The number of H-pyrrole nitrogens is 1. The van der Waals surface area contributed by atoms with Gasteiger partial charge in [-0.3, -0.25) is 9.59 Å². The van der Waals surface area contributed by atoms with E-state index in [0.29, 0.717) is 26.5 Å². The number of terminal acetylenes is 1. The van der Waals surface area contributed by atoms with Gasteiger partial charge in [0.2, 0.25) is 5.91 Å². The van der Waals surface area contributed by atoms with Crippen molar-refractivity contribution in [1.29, 1.82) is 0 Å². The van der Waals surface area contributed by atoms with Crippen molar-refractivity contribution in [3.63, 3.8) is 0 Å². The molecule has 0 spiro atoms. The molecule has 1 aliphatic heterocycles. The summed E-state index contributed by atoms with van der Waals surface area (Å²) in [4.78, 5) is 31.6. The lowest BCUT2D eigenvalue weighted by Crippen LogP contribution is -2.31. The third-order valence-corrected chi connectivity index (χ3v) is 5.08. The largest absolute Gasteiger partial charge is 0.310 e. The topological polar surface area (TPSA) is 74.8 Å². The maximum Gasteiger partial charge on any atom is 0.257 e. The van der Waals surface area contributed by atoms with Gasteiger partial charge in [0.15, 0.2) is 5.16 Å². The van der Waals surface area contributed by atoms with Gasteiger partial charge in [0.1, 0.15) is 5.82 Å². The Morgan fingerprint density at radius 3 is 2.83 bits per heavy atom. The number of halogens is 2. The number of rotatable bonds is 3. The van der Waals surface area contributed by atoms with E-state index in [0.717, 1.165) is 5.56 Å². The molecule has 0 saturated carbocycles. The van der Waals surface area contributed by atoms with Gasteiger partial charge in [0.05, 0.1) is 21.4 Å². The van der Waals surface area contributed by atoms with E-state index in [1.165, 1.54) is 11.8 Å². The molecule has 0 bridgehead atoms. The highest BCUT2D eigenvalue weighted by Gasteiger charge is 2.31. The molecule has 1 aromatic carbocycles. The van der Waals surface area contributed by atoms with Crippen molar-refractivity contribution in [2.75, 3.05) is 11.1 Å². The number of amides is 1. The summed E-state index contributed by atoms with van der Waals surface area (Å²) in [5, 5.41) is 3.80. The van der Waals surface area contributed by atoms with E-state index in [1.807, 2.05) is 0 Å². The van der Waals surface area contributed by atoms with E-state index in [9.17, 15) is 9.59 Å². The van der Waals surface area contributed by atoms with Gasteiger partial charge in [0, 0.05) is 12.3 Å². The summed E-state index contributed by atoms with van der Waals surface area (Å²) in [6.07, 6.45) is 5.35. The number of benzene rings is 1. The number of aromatic amines is 1. The van der Waals surface area contributed by atoms with Crippen LogP contribution in [0.25, 0.3) is 0 Å². The summed E-state index contributed by atoms with van der Waals surface area (Å²) in [6, 6.07) is 5.06. The smallest absolute Gasteiger partial charge is 0.257 e. The van der Waals surface area contributed by atoms with Crippen LogP contribution >= 0.6 is 35.0 Å². The monoisotopic (exact) mass is 379 g/mol. The van der Waals surface area contributed by atoms with Crippen LogP contribution in [-0.4, -0.2) is 21.6 Å². The number of thioether (sulfide) groups is 1. The fourth-order valence-corrected chi connectivity index (χ4v) is 3.39. The third kappa shape index (κ3) is 3.29. The molecule has 5 nitrogen and oxygen atoms in total. The van der Waals surface area contributed by atoms with Gasteiger partial charge >= 0.3 is 0 Å². The Hall–Kier alpha value is -1.94. The van der Waals surface area contributed by atoms with Crippen molar-refractivity contribution in [3.8, 4) is 12.3 Å². The van der Waals surface area contributed by atoms with Crippen molar-refractivity contribution >= 4 is 46.7 Å². The zero-order chi connectivity index (χ0) is 17.3. The molecule has 2 aromatic rings. The number of carbonyl (C=O) groups excluding carboxylic acids is 1. The molecule has 2 N–H and O–H groups in total. The van der Waals surface area contributed by atoms with Crippen LogP contribution in [0.1, 0.15) is 23.5 Å². The lowest BCUT2D eigenvalue weighted by Gasteiger charge is -2.24. The van der Waals surface area contributed by atoms with Crippen LogP contribution in [0, 0.1) is 12.3 Å². The number of fused-ring (bicyclic) bond motifs is 1. The van der Waals surface area contributed by atoms with E-state index in [1.54, 1.807) is 18.2 Å². The Kier molecular flexibility index (Phi) is 4.86. The van der Waals surface area contributed by atoms with Gasteiger partial charge in [0.25, 0.3) is 5.56 Å². The molecule has 8 heteroatoms. The quantitative estimate of drug-likeness (QED) is 0.487. The molecule has 1 aliphatic rings. The normalized spacial score (nSPS) is 16.2. The molecule has 122 valence electrons. The second-order valence-corrected chi connectivity index (χ2v) is 6.88. The van der Waals surface area contributed by atoms with E-state index < -0.39 is 5.92 Å². The summed E-state index contributed by atoms with van der Waals surface area (Å²) in [5.74, 6) is 2.42. The van der Waals surface area contributed by atoms with Crippen molar-refractivity contribution < 1.29 is 4.79 Å². The predicted molar refractivity (Wildman–Crippen MR) is 96.0 cm³/mol. The second-order valence-electron chi connectivity index (χ2n) is 5.10. The minimum Gasteiger partial charge on any atom is -0.310 e. The third-order valence-electron chi connectivity index (χ3n) is 3.57. The van der Waals surface area contributed by atoms with E-state index in [2.05, 4.69) is 21.2 Å². The lowest BCUT2D eigenvalue weighted by molar-refractivity contribution is -0.116. The molecule has 1 aromatic heterocycles. The summed E-state index contributed by atoms with van der Waals surface area (Å²) in [6.45, 7) is 0. The highest BCUT2D eigenvalue weighted by atomic mass is 35.5. The average molecular weight is 380 g/mol. The van der Waals surface area contributed by atoms with Gasteiger partial charge in [-0.25, -0.2) is 4.98 Å². The molecule has 2 heterocycles. The fourth-order valence-electron chi connectivity index (χ4n) is 2.54. The molecule has 24 heavy (non-hydrogen) atoms. The summed E-state index contributed by atoms with van der Waals surface area (Å²) in [5.41, 5.74) is 0.825. The minimum absolute atomic E-state index is 0.132. The Balaban J connectivity index is 2.09. The van der Waals surface area contributed by atoms with Gasteiger partial charge in [-0.15, -0.1) is 6.42 Å². The number of aromatic nitrogens is 2. The van der Waals surface area contributed by atoms with E-state index >= 15 is 0 Å². The molecule has 0 aliphatic carbocycles. The van der Waals surface area contributed by atoms with Gasteiger partial charge in [-0.2, -0.15) is 0 Å². The highest BCUT2D eigenvalue weighted by molar-refractivity contribution is 7.99. The Morgan fingerprint density at radius 1 is 1.33 bits per heavy atom. The molecule has 0 fully saturated rings. The van der Waals surface area contributed by atoms with Crippen LogP contribution in [0.2, 0.25) is 10.0 Å². The van der Waals surface area contributed by atoms with E-state index in [4.69, 9.17) is 29.6 Å². The SMILES string of the molecule is C#CCSc1nc2c(c(=O)[nH]1)C(c1ccc(Cl)c(Cl)c1)CC(=O)N2. The number of hydrogen-bond donors (Lipinski definition) is 2. The molecule has 3 rings (SSSR count). The summed E-state index contributed by atoms with van der Waals surface area (Å²) in [7, 11) is 0. The number of carbonyl (C=O) groups is 1. The van der Waals surface area contributed by atoms with Gasteiger partial charge in [-0.1, -0.05) is 47.0 Å². The Bertz CT molecular complexity index is 921. The fraction of sp³-hybridized carbons (Fsp3) is 0.188. The molecular formula is C16H11Cl2N3O2S. The standard InChI is InChI=1S/C16H11Cl2N3O2S/c1-2-5-24-16-20-14-13(15(23)21-16)9(7-12(22)19-14)8-3-4-10(17)11(18)6-8/h1,3-4,6,9H,5,7H2,(H2,19,20,21,22,23). The number of hydrogen-bond acceptors (Lipinski definition) is 4. The van der Waals surface area contributed by atoms with Crippen LogP contribution in [0.4, 0.5) is 5.82 Å². The van der Waals surface area contributed by atoms with Crippen LogP contribution in [0.5, 0.6) is 0 Å². The highest BCUT2D eigenvalue weighted by Crippen LogP contribution is 2.36. The maximum absolute atomic E-state index is 12.5. The molecule has 1 atom stereocenters. The summed E-state index contributed by atoms with van der Waals surface area (Å²) >= 11 is 13.2. The molecule has 1 unspecified atom stereocenters. The molecule has 0 radical (unpaired) electrons. The first kappa shape index (κ1) is 16.9. The summed E-state index contributed by atoms with van der Waals surface area (Å²) < 4.78 is 0. The van der Waals surface area contributed by atoms with Crippen LogP contribution in [0.15, 0.2) is 28.2 Å². The van der Waals surface area contributed by atoms with Gasteiger partial charge < -0.3 is 10.3 Å². The first-order valence-corrected chi connectivity index (χ1v) is 8.69. The van der Waals surface area contributed by atoms with Crippen molar-refractivity contribution in [2.45, 2.75) is 17.5 Å². The van der Waals surface area contributed by atoms with Crippen LogP contribution in [0.3, 0.4) is 0 Å². The number of nitrogens with zero attached hydrogens (tertiary/aromatic N) is 1. The number of anilines is 1. The zero-order valence-electron chi connectivity index (χ0n) is 12.2. The lowest BCUT2D eigenvalue weighted by atomic mass is 9.87. The van der Waals surface area contributed by atoms with Crippen molar-refractivity contribution in [3.05, 3.63) is 49.7 Å². The molecular weight excluding hydrogens is 369 g/mol. The van der Waals surface area contributed by atoms with Crippen molar-refractivity contribution in [2.24, 2.45) is 0 Å². The maximum atomic E-state index is 12.5. The minimum atomic E-state index is -0.438. The molecule has 0 saturated heterocycles. The Labute approximate surface area is 152 Å². The second kappa shape index (κ2) is 6.89. The Morgan fingerprint density at radius 2 is 2.12 bits per heavy atom. The zero-order valence-corrected chi connectivity index (χ0v) is 14.6. The van der Waals surface area contributed by atoms with Crippen LogP contribution < -0.4 is 10.9 Å². The molecule has 1 amide bonds. The van der Waals surface area contributed by atoms with Crippen molar-refractivity contribution in [1.82, 2.24) is 9.97 Å². The van der Waals surface area contributed by atoms with Gasteiger partial charge in [-0.05, 0) is 17.7 Å². The van der Waals surface area contributed by atoms with Crippen LogP contribution in [-0.2, 0) is 4.79 Å². The number of nitrogens with one attached hydrogen (secondary N) is 2. The first-order chi connectivity index (χ1) is 11.5. The average Bonchev–Trinajstić information content (AvgIpc) is 2.54. The first-order valence-electron chi connectivity index (χ1n) is 6.95. The van der Waals surface area contributed by atoms with E-state index in [-0.39, 0.29) is 23.7 Å². The predicted octanol–water partition coefficient (Wildman–Crippen LogP) is 3.28.